The van der Waals surface area contributed by atoms with E-state index in [1.165, 1.54) is 18.2 Å². The highest BCUT2D eigenvalue weighted by molar-refractivity contribution is 5.90. The number of carbonyl (C=O) groups excluding carboxylic acids is 1. The lowest BCUT2D eigenvalue weighted by atomic mass is 9.85. The van der Waals surface area contributed by atoms with E-state index >= 15 is 0 Å². The van der Waals surface area contributed by atoms with Gasteiger partial charge in [0, 0.05) is 18.5 Å². The molecule has 0 saturated heterocycles. The highest BCUT2D eigenvalue weighted by Gasteiger charge is 2.43. The summed E-state index contributed by atoms with van der Waals surface area (Å²) in [7, 11) is 0. The molecule has 19 heavy (non-hydrogen) atoms. The lowest BCUT2D eigenvalue weighted by molar-refractivity contribution is 0.0521. The van der Waals surface area contributed by atoms with Gasteiger partial charge < -0.3 is 10.1 Å². The Hall–Kier alpha value is -2.09. The van der Waals surface area contributed by atoms with E-state index in [1.807, 2.05) is 0 Å². The molecule has 4 nitrogen and oxygen atoms in total. The maximum Gasteiger partial charge on any atom is 0.341 e. The van der Waals surface area contributed by atoms with Gasteiger partial charge in [-0.2, -0.15) is 0 Å². The summed E-state index contributed by atoms with van der Waals surface area (Å²) in [5.41, 5.74) is -0.129. The highest BCUT2D eigenvalue weighted by Crippen LogP contribution is 2.36. The van der Waals surface area contributed by atoms with Crippen molar-refractivity contribution in [1.29, 1.82) is 0 Å². The molecule has 1 saturated carbocycles. The Balaban J connectivity index is 2.21. The van der Waals surface area contributed by atoms with Crippen LogP contribution in [0, 0.1) is 12.4 Å². The average molecular weight is 262 g/mol. The largest absolute Gasteiger partial charge is 0.462 e. The Kier molecular flexibility index (Phi) is 3.70. The summed E-state index contributed by atoms with van der Waals surface area (Å²) in [5.74, 6) is -1.30. The molecule has 100 valence electrons. The Morgan fingerprint density at radius 3 is 2.84 bits per heavy atom. The van der Waals surface area contributed by atoms with Gasteiger partial charge in [0.25, 0.3) is 0 Å². The lowest BCUT2D eigenvalue weighted by Crippen LogP contribution is -2.41. The van der Waals surface area contributed by atoms with E-state index in [-0.39, 0.29) is 12.2 Å². The van der Waals surface area contributed by atoms with Crippen molar-refractivity contribution in [2.45, 2.75) is 31.8 Å². The Bertz CT molecular complexity index is 533. The highest BCUT2D eigenvalue weighted by atomic mass is 19.1. The molecule has 0 spiro atoms. The number of nitrogens with one attached hydrogen (secondary N) is 1. The maximum absolute atomic E-state index is 13.6. The van der Waals surface area contributed by atoms with E-state index in [1.54, 1.807) is 6.92 Å². The quantitative estimate of drug-likeness (QED) is 0.669. The number of nitrogens with zero attached hydrogens (tertiary/aromatic N) is 1. The van der Waals surface area contributed by atoms with E-state index in [2.05, 4.69) is 10.2 Å². The Labute approximate surface area is 111 Å². The first-order chi connectivity index (χ1) is 9.10. The molecule has 0 aliphatic heterocycles. The molecular weight excluding hydrogens is 247 g/mol. The standard InChI is InChI=1S/C14H15FN2O2/c1-3-19-13(18)11-9-10(5-6-12(11)15)17-14(16-2)7-4-8-14/h5-6,9,17H,3-4,7-8H2,1H3. The molecule has 0 aromatic heterocycles. The molecular formula is C14H15FN2O2. The molecule has 2 rings (SSSR count). The fourth-order valence-electron chi connectivity index (χ4n) is 2.01. The van der Waals surface area contributed by atoms with Crippen LogP contribution in [0.25, 0.3) is 4.85 Å². The number of carbonyl (C=O) groups is 1. The number of benzene rings is 1. The molecule has 0 amide bonds. The Morgan fingerprint density at radius 2 is 2.32 bits per heavy atom. The van der Waals surface area contributed by atoms with Crippen LogP contribution in [0.15, 0.2) is 18.2 Å². The van der Waals surface area contributed by atoms with Crippen molar-refractivity contribution in [2.24, 2.45) is 0 Å². The van der Waals surface area contributed by atoms with E-state index in [0.29, 0.717) is 5.69 Å². The summed E-state index contributed by atoms with van der Waals surface area (Å²) in [5, 5.41) is 3.08. The number of hydrogen-bond acceptors (Lipinski definition) is 3. The second kappa shape index (κ2) is 5.27. The van der Waals surface area contributed by atoms with Gasteiger partial charge in [-0.1, -0.05) is 0 Å². The van der Waals surface area contributed by atoms with Gasteiger partial charge in [0.1, 0.15) is 5.82 Å². The van der Waals surface area contributed by atoms with Crippen LogP contribution in [-0.2, 0) is 4.74 Å². The van der Waals surface area contributed by atoms with Crippen molar-refractivity contribution in [2.75, 3.05) is 11.9 Å². The predicted octanol–water partition coefficient (Wildman–Crippen LogP) is 3.21. The molecule has 1 fully saturated rings. The minimum Gasteiger partial charge on any atom is -0.462 e. The van der Waals surface area contributed by atoms with Crippen molar-refractivity contribution in [1.82, 2.24) is 0 Å². The van der Waals surface area contributed by atoms with Gasteiger partial charge in [-0.05, 0) is 31.5 Å². The smallest absolute Gasteiger partial charge is 0.341 e. The summed E-state index contributed by atoms with van der Waals surface area (Å²) in [6, 6.07) is 4.15. The number of anilines is 1. The van der Waals surface area contributed by atoms with Crippen molar-refractivity contribution in [3.05, 3.63) is 41.0 Å². The third-order valence-electron chi connectivity index (χ3n) is 3.23. The molecule has 0 unspecified atom stereocenters. The zero-order valence-electron chi connectivity index (χ0n) is 10.7. The molecule has 5 heteroatoms. The van der Waals surface area contributed by atoms with Crippen LogP contribution in [-0.4, -0.2) is 18.2 Å². The lowest BCUT2D eigenvalue weighted by Gasteiger charge is -2.31. The van der Waals surface area contributed by atoms with Gasteiger partial charge >= 0.3 is 11.6 Å². The Morgan fingerprint density at radius 1 is 1.58 bits per heavy atom. The number of esters is 1. The predicted molar refractivity (Wildman–Crippen MR) is 69.2 cm³/mol. The fourth-order valence-corrected chi connectivity index (χ4v) is 2.01. The van der Waals surface area contributed by atoms with Crippen LogP contribution in [0.1, 0.15) is 36.5 Å². The van der Waals surface area contributed by atoms with Crippen molar-refractivity contribution in [3.63, 3.8) is 0 Å². The molecule has 0 atom stereocenters. The average Bonchev–Trinajstić information content (AvgIpc) is 2.36. The van der Waals surface area contributed by atoms with Crippen LogP contribution >= 0.6 is 0 Å². The number of hydrogen-bond donors (Lipinski definition) is 1. The van der Waals surface area contributed by atoms with Crippen molar-refractivity contribution in [3.8, 4) is 0 Å². The zero-order valence-corrected chi connectivity index (χ0v) is 10.7. The maximum atomic E-state index is 13.6. The third-order valence-corrected chi connectivity index (χ3v) is 3.23. The molecule has 0 heterocycles. The first kappa shape index (κ1) is 13.3. The second-order valence-electron chi connectivity index (χ2n) is 4.54. The summed E-state index contributed by atoms with van der Waals surface area (Å²) in [6.07, 6.45) is 2.53. The third kappa shape index (κ3) is 2.68. The van der Waals surface area contributed by atoms with Gasteiger partial charge in [0.05, 0.1) is 12.2 Å². The van der Waals surface area contributed by atoms with Crippen LogP contribution in [0.5, 0.6) is 0 Å². The number of ether oxygens (including phenoxy) is 1. The molecule has 0 bridgehead atoms. The molecule has 1 aromatic carbocycles. The topological polar surface area (TPSA) is 42.7 Å². The van der Waals surface area contributed by atoms with E-state index < -0.39 is 17.4 Å². The van der Waals surface area contributed by atoms with Gasteiger partial charge in [-0.25, -0.2) is 15.8 Å². The van der Waals surface area contributed by atoms with E-state index in [9.17, 15) is 9.18 Å². The normalized spacial score (nSPS) is 16.1. The van der Waals surface area contributed by atoms with Crippen LogP contribution < -0.4 is 5.32 Å². The molecule has 1 aromatic rings. The van der Waals surface area contributed by atoms with Crippen LogP contribution in [0.2, 0.25) is 0 Å². The SMILES string of the molecule is [C-]#[N+]C1(Nc2ccc(F)c(C(=O)OCC)c2)CCC1. The summed E-state index contributed by atoms with van der Waals surface area (Å²) < 4.78 is 18.4. The van der Waals surface area contributed by atoms with Crippen molar-refractivity contribution >= 4 is 11.7 Å². The minimum atomic E-state index is -0.686. The first-order valence-corrected chi connectivity index (χ1v) is 6.24. The number of halogens is 1. The molecule has 0 radical (unpaired) electrons. The summed E-state index contributed by atoms with van der Waals surface area (Å²) in [4.78, 5) is 15.2. The summed E-state index contributed by atoms with van der Waals surface area (Å²) in [6.45, 7) is 9.06. The van der Waals surface area contributed by atoms with Crippen LogP contribution in [0.4, 0.5) is 10.1 Å². The molecule has 1 aliphatic rings. The summed E-state index contributed by atoms with van der Waals surface area (Å²) >= 11 is 0. The number of rotatable bonds is 4. The zero-order chi connectivity index (χ0) is 13.9. The van der Waals surface area contributed by atoms with Gasteiger partial charge in [-0.3, -0.25) is 4.85 Å². The minimum absolute atomic E-state index is 0.105. The molecule has 1 N–H and O–H groups in total. The van der Waals surface area contributed by atoms with Gasteiger partial charge in [-0.15, -0.1) is 0 Å². The van der Waals surface area contributed by atoms with E-state index in [0.717, 1.165) is 19.3 Å². The first-order valence-electron chi connectivity index (χ1n) is 6.24. The fraction of sp³-hybridized carbons (Fsp3) is 0.429. The van der Waals surface area contributed by atoms with Crippen LogP contribution in [0.3, 0.4) is 0 Å². The van der Waals surface area contributed by atoms with Gasteiger partial charge in [0.15, 0.2) is 0 Å². The molecule has 1 aliphatic carbocycles. The monoisotopic (exact) mass is 262 g/mol. The second-order valence-corrected chi connectivity index (χ2v) is 4.54. The van der Waals surface area contributed by atoms with Crippen molar-refractivity contribution < 1.29 is 13.9 Å². The van der Waals surface area contributed by atoms with E-state index in [4.69, 9.17) is 11.3 Å². The van der Waals surface area contributed by atoms with Gasteiger partial charge in [0.2, 0.25) is 0 Å².